The van der Waals surface area contributed by atoms with Gasteiger partial charge in [0.1, 0.15) is 0 Å². The number of nitrogens with one attached hydrogen (secondary N) is 1. The van der Waals surface area contributed by atoms with Crippen molar-refractivity contribution < 1.29 is 15.0 Å². The molecule has 2 saturated heterocycles. The summed E-state index contributed by atoms with van der Waals surface area (Å²) < 4.78 is 0. The largest absolute Gasteiger partial charge is 0.481 e. The average Bonchev–Trinajstić information content (AvgIpc) is 2.22. The van der Waals surface area contributed by atoms with Crippen molar-refractivity contribution in [1.29, 1.82) is 0 Å². The summed E-state index contributed by atoms with van der Waals surface area (Å²) in [6.07, 6.45) is 0.214. The van der Waals surface area contributed by atoms with Crippen LogP contribution in [0.3, 0.4) is 0 Å². The molecular formula is C13H25N3O3. The number of piperazine rings is 1. The van der Waals surface area contributed by atoms with Gasteiger partial charge in [0.2, 0.25) is 0 Å². The van der Waals surface area contributed by atoms with Gasteiger partial charge in [-0.05, 0) is 13.8 Å². The van der Waals surface area contributed by atoms with Gasteiger partial charge >= 0.3 is 5.97 Å². The quantitative estimate of drug-likeness (QED) is 0.607. The fourth-order valence-corrected chi connectivity index (χ4v) is 3.08. The topological polar surface area (TPSA) is 76.0 Å². The molecule has 6 heteroatoms. The molecule has 0 saturated carbocycles. The zero-order chi connectivity index (χ0) is 14.1. The smallest absolute Gasteiger partial charge is 0.305 e. The van der Waals surface area contributed by atoms with E-state index in [4.69, 9.17) is 5.11 Å². The van der Waals surface area contributed by atoms with Crippen molar-refractivity contribution in [2.75, 3.05) is 45.8 Å². The SMILES string of the molecule is CC(C)(O)CN1CCN(C2(CC(=O)O)CNC2)CC1. The number of aliphatic hydroxyl groups is 1. The molecule has 0 aromatic rings. The Kier molecular flexibility index (Phi) is 4.15. The molecule has 2 heterocycles. The van der Waals surface area contributed by atoms with Crippen LogP contribution in [0.25, 0.3) is 0 Å². The van der Waals surface area contributed by atoms with Gasteiger partial charge in [0.05, 0.1) is 17.6 Å². The van der Waals surface area contributed by atoms with Crippen LogP contribution >= 0.6 is 0 Å². The van der Waals surface area contributed by atoms with E-state index >= 15 is 0 Å². The van der Waals surface area contributed by atoms with Crippen LogP contribution in [0.15, 0.2) is 0 Å². The Hall–Kier alpha value is -0.690. The first-order valence-corrected chi connectivity index (χ1v) is 6.93. The molecule has 2 rings (SSSR count). The number of rotatable bonds is 5. The molecule has 0 aromatic heterocycles. The Morgan fingerprint density at radius 2 is 1.84 bits per heavy atom. The minimum atomic E-state index is -0.722. The molecule has 0 unspecified atom stereocenters. The van der Waals surface area contributed by atoms with Crippen LogP contribution in [0, 0.1) is 0 Å². The summed E-state index contributed by atoms with van der Waals surface area (Å²) in [5, 5.41) is 22.1. The molecule has 0 aromatic carbocycles. The maximum absolute atomic E-state index is 11.0. The van der Waals surface area contributed by atoms with Gasteiger partial charge in [0.25, 0.3) is 0 Å². The van der Waals surface area contributed by atoms with Gasteiger partial charge in [0, 0.05) is 45.8 Å². The third-order valence-electron chi connectivity index (χ3n) is 4.04. The Bertz CT molecular complexity index is 329. The lowest BCUT2D eigenvalue weighted by atomic mass is 9.85. The fraction of sp³-hybridized carbons (Fsp3) is 0.923. The standard InChI is InChI=1S/C13H25N3O3/c1-12(2,19)10-15-3-5-16(6-4-15)13(7-11(17)18)8-14-9-13/h14,19H,3-10H2,1-2H3,(H,17,18). The summed E-state index contributed by atoms with van der Waals surface area (Å²) in [5.41, 5.74) is -0.856. The normalized spacial score (nSPS) is 25.0. The second-order valence-electron chi connectivity index (χ2n) is 6.47. The number of hydrogen-bond donors (Lipinski definition) is 3. The summed E-state index contributed by atoms with van der Waals surface area (Å²) in [4.78, 5) is 15.6. The molecule has 3 N–H and O–H groups in total. The first-order chi connectivity index (χ1) is 8.81. The molecule has 2 aliphatic heterocycles. The molecule has 0 bridgehead atoms. The minimum Gasteiger partial charge on any atom is -0.481 e. The summed E-state index contributed by atoms with van der Waals surface area (Å²) in [7, 11) is 0. The number of carbonyl (C=O) groups is 1. The fourth-order valence-electron chi connectivity index (χ4n) is 3.08. The van der Waals surface area contributed by atoms with E-state index in [9.17, 15) is 9.90 Å². The number of β-amino-alcohol motifs (C(OH)–C–C–N with tert-alkyl or cyclic N) is 1. The number of carboxylic acids is 1. The molecule has 0 aliphatic carbocycles. The zero-order valence-corrected chi connectivity index (χ0v) is 11.9. The van der Waals surface area contributed by atoms with E-state index in [1.807, 2.05) is 13.8 Å². The number of carboxylic acid groups (broad SMARTS) is 1. The van der Waals surface area contributed by atoms with Crippen LogP contribution in [0.1, 0.15) is 20.3 Å². The molecule has 19 heavy (non-hydrogen) atoms. The van der Waals surface area contributed by atoms with Crippen LogP contribution < -0.4 is 5.32 Å². The van der Waals surface area contributed by atoms with Gasteiger partial charge in [-0.3, -0.25) is 14.6 Å². The van der Waals surface area contributed by atoms with E-state index in [-0.39, 0.29) is 12.0 Å². The monoisotopic (exact) mass is 271 g/mol. The lowest BCUT2D eigenvalue weighted by molar-refractivity contribution is -0.142. The number of nitrogens with zero attached hydrogens (tertiary/aromatic N) is 2. The van der Waals surface area contributed by atoms with Gasteiger partial charge in [-0.25, -0.2) is 0 Å². The van der Waals surface area contributed by atoms with Crippen LogP contribution in [0.5, 0.6) is 0 Å². The van der Waals surface area contributed by atoms with Crippen molar-refractivity contribution in [2.24, 2.45) is 0 Å². The van der Waals surface area contributed by atoms with E-state index in [0.29, 0.717) is 6.54 Å². The lowest BCUT2D eigenvalue weighted by Gasteiger charge is -2.53. The van der Waals surface area contributed by atoms with Crippen molar-refractivity contribution in [3.05, 3.63) is 0 Å². The molecule has 2 aliphatic rings. The van der Waals surface area contributed by atoms with Crippen molar-refractivity contribution in [1.82, 2.24) is 15.1 Å². The number of aliphatic carboxylic acids is 1. The van der Waals surface area contributed by atoms with Crippen molar-refractivity contribution in [2.45, 2.75) is 31.4 Å². The summed E-state index contributed by atoms with van der Waals surface area (Å²) >= 11 is 0. The number of hydrogen-bond acceptors (Lipinski definition) is 5. The lowest BCUT2D eigenvalue weighted by Crippen LogP contribution is -2.72. The summed E-state index contributed by atoms with van der Waals surface area (Å²) in [6.45, 7) is 9.40. The second kappa shape index (κ2) is 5.36. The van der Waals surface area contributed by atoms with Crippen LogP contribution in [0.4, 0.5) is 0 Å². The second-order valence-corrected chi connectivity index (χ2v) is 6.47. The third-order valence-corrected chi connectivity index (χ3v) is 4.04. The Balaban J connectivity index is 1.87. The molecule has 6 nitrogen and oxygen atoms in total. The third kappa shape index (κ3) is 3.66. The van der Waals surface area contributed by atoms with Gasteiger partial charge in [-0.15, -0.1) is 0 Å². The first-order valence-electron chi connectivity index (χ1n) is 6.93. The highest BCUT2D eigenvalue weighted by Gasteiger charge is 2.45. The van der Waals surface area contributed by atoms with E-state index in [2.05, 4.69) is 15.1 Å². The highest BCUT2D eigenvalue weighted by molar-refractivity contribution is 5.68. The zero-order valence-electron chi connectivity index (χ0n) is 11.9. The highest BCUT2D eigenvalue weighted by Crippen LogP contribution is 2.26. The summed E-state index contributed by atoms with van der Waals surface area (Å²) in [5.74, 6) is -0.722. The molecular weight excluding hydrogens is 246 g/mol. The maximum atomic E-state index is 11.0. The Morgan fingerprint density at radius 1 is 1.26 bits per heavy atom. The Labute approximate surface area is 114 Å². The van der Waals surface area contributed by atoms with Gasteiger partial charge in [-0.1, -0.05) is 0 Å². The van der Waals surface area contributed by atoms with Crippen molar-refractivity contribution in [3.8, 4) is 0 Å². The van der Waals surface area contributed by atoms with E-state index < -0.39 is 11.6 Å². The molecule has 0 spiro atoms. The van der Waals surface area contributed by atoms with Gasteiger partial charge < -0.3 is 15.5 Å². The highest BCUT2D eigenvalue weighted by atomic mass is 16.4. The van der Waals surface area contributed by atoms with Crippen molar-refractivity contribution >= 4 is 5.97 Å². The van der Waals surface area contributed by atoms with E-state index in [1.54, 1.807) is 0 Å². The van der Waals surface area contributed by atoms with Gasteiger partial charge in [-0.2, -0.15) is 0 Å². The minimum absolute atomic E-state index is 0.188. The summed E-state index contributed by atoms with van der Waals surface area (Å²) in [6, 6.07) is 0. The van der Waals surface area contributed by atoms with Crippen LogP contribution in [0.2, 0.25) is 0 Å². The molecule has 2 fully saturated rings. The van der Waals surface area contributed by atoms with Crippen molar-refractivity contribution in [3.63, 3.8) is 0 Å². The predicted octanol–water partition coefficient (Wildman–Crippen LogP) is -0.808. The Morgan fingerprint density at radius 3 is 2.21 bits per heavy atom. The maximum Gasteiger partial charge on any atom is 0.305 e. The molecule has 0 amide bonds. The van der Waals surface area contributed by atoms with Crippen LogP contribution in [-0.4, -0.2) is 82.9 Å². The van der Waals surface area contributed by atoms with Gasteiger partial charge in [0.15, 0.2) is 0 Å². The van der Waals surface area contributed by atoms with E-state index in [0.717, 1.165) is 39.3 Å². The van der Waals surface area contributed by atoms with E-state index in [1.165, 1.54) is 0 Å². The van der Waals surface area contributed by atoms with Crippen LogP contribution in [-0.2, 0) is 4.79 Å². The molecule has 110 valence electrons. The molecule has 0 atom stereocenters. The average molecular weight is 271 g/mol. The first kappa shape index (κ1) is 14.7. The predicted molar refractivity (Wildman–Crippen MR) is 72.2 cm³/mol. The molecule has 0 radical (unpaired) electrons.